The minimum absolute atomic E-state index is 0.355. The summed E-state index contributed by atoms with van der Waals surface area (Å²) in [5, 5.41) is 4.80. The molecule has 6 rings (SSSR count). The van der Waals surface area contributed by atoms with E-state index in [4.69, 9.17) is 9.31 Å². The van der Waals surface area contributed by atoms with Gasteiger partial charge in [0.25, 0.3) is 0 Å². The standard InChI is InChI=1S/C32H30BNO2/c1-31(2)32(3,4)36-33(35-31)27-17-14-26-22-30(19-16-25(26)20-27)34(28-12-6-5-7-13-28)29-18-15-23-10-8-9-11-24(23)21-29/h5-22H,1-4H3. The Bertz CT molecular complexity index is 1550. The fourth-order valence-corrected chi connectivity index (χ4v) is 4.86. The molecular weight excluding hydrogens is 441 g/mol. The molecule has 0 N–H and O–H groups in total. The molecule has 0 saturated carbocycles. The fraction of sp³-hybridized carbons (Fsp3) is 0.188. The van der Waals surface area contributed by atoms with Crippen molar-refractivity contribution in [1.29, 1.82) is 0 Å². The average Bonchev–Trinajstić information content (AvgIpc) is 3.11. The maximum absolute atomic E-state index is 6.28. The lowest BCUT2D eigenvalue weighted by molar-refractivity contribution is 0.00578. The van der Waals surface area contributed by atoms with Gasteiger partial charge in [-0.15, -0.1) is 0 Å². The van der Waals surface area contributed by atoms with Crippen LogP contribution in [0.25, 0.3) is 21.5 Å². The van der Waals surface area contributed by atoms with Crippen LogP contribution in [0, 0.1) is 0 Å². The van der Waals surface area contributed by atoms with Crippen molar-refractivity contribution in [3.63, 3.8) is 0 Å². The zero-order chi connectivity index (χ0) is 24.9. The Labute approximate surface area is 213 Å². The van der Waals surface area contributed by atoms with E-state index in [1.807, 2.05) is 0 Å². The summed E-state index contributed by atoms with van der Waals surface area (Å²) < 4.78 is 12.6. The van der Waals surface area contributed by atoms with E-state index < -0.39 is 0 Å². The first kappa shape index (κ1) is 22.8. The molecule has 0 unspecified atom stereocenters. The number of benzene rings is 5. The van der Waals surface area contributed by atoms with Gasteiger partial charge in [0.1, 0.15) is 0 Å². The highest BCUT2D eigenvalue weighted by Gasteiger charge is 2.51. The van der Waals surface area contributed by atoms with E-state index in [1.165, 1.54) is 16.2 Å². The van der Waals surface area contributed by atoms with E-state index >= 15 is 0 Å². The average molecular weight is 471 g/mol. The lowest BCUT2D eigenvalue weighted by Gasteiger charge is -2.32. The molecule has 0 atom stereocenters. The largest absolute Gasteiger partial charge is 0.494 e. The maximum Gasteiger partial charge on any atom is 0.494 e. The quantitative estimate of drug-likeness (QED) is 0.250. The van der Waals surface area contributed by atoms with E-state index in [0.29, 0.717) is 0 Å². The van der Waals surface area contributed by atoms with Gasteiger partial charge in [0, 0.05) is 17.1 Å². The third-order valence-electron chi connectivity index (χ3n) is 7.64. The van der Waals surface area contributed by atoms with Gasteiger partial charge in [-0.3, -0.25) is 0 Å². The predicted octanol–water partition coefficient (Wildman–Crippen LogP) is 7.76. The number of para-hydroxylation sites is 1. The molecule has 1 aliphatic rings. The highest BCUT2D eigenvalue weighted by Crippen LogP contribution is 2.38. The van der Waals surface area contributed by atoms with E-state index in [2.05, 4.69) is 142 Å². The molecule has 3 nitrogen and oxygen atoms in total. The second-order valence-electron chi connectivity index (χ2n) is 10.6. The van der Waals surface area contributed by atoms with Crippen molar-refractivity contribution >= 4 is 51.2 Å². The summed E-state index contributed by atoms with van der Waals surface area (Å²) >= 11 is 0. The van der Waals surface area contributed by atoms with Gasteiger partial charge in [-0.2, -0.15) is 0 Å². The number of rotatable bonds is 4. The topological polar surface area (TPSA) is 21.7 Å². The van der Waals surface area contributed by atoms with Gasteiger partial charge in [0.15, 0.2) is 0 Å². The first-order valence-electron chi connectivity index (χ1n) is 12.5. The molecule has 0 aliphatic carbocycles. The molecule has 0 aromatic heterocycles. The van der Waals surface area contributed by atoms with E-state index in [0.717, 1.165) is 27.9 Å². The van der Waals surface area contributed by atoms with E-state index in [1.54, 1.807) is 0 Å². The summed E-state index contributed by atoms with van der Waals surface area (Å²) in [6.45, 7) is 8.35. The molecular formula is C32H30BNO2. The lowest BCUT2D eigenvalue weighted by atomic mass is 9.78. The number of hydrogen-bond donors (Lipinski definition) is 0. The molecule has 1 heterocycles. The second-order valence-corrected chi connectivity index (χ2v) is 10.6. The zero-order valence-corrected chi connectivity index (χ0v) is 21.2. The van der Waals surface area contributed by atoms with Gasteiger partial charge in [-0.05, 0) is 91.1 Å². The summed E-state index contributed by atoms with van der Waals surface area (Å²) in [7, 11) is -0.363. The maximum atomic E-state index is 6.28. The molecule has 4 heteroatoms. The van der Waals surface area contributed by atoms with Crippen LogP contribution in [-0.4, -0.2) is 18.3 Å². The Morgan fingerprint density at radius 3 is 1.67 bits per heavy atom. The van der Waals surface area contributed by atoms with Crippen molar-refractivity contribution in [3.8, 4) is 0 Å². The molecule has 178 valence electrons. The Morgan fingerprint density at radius 1 is 0.500 bits per heavy atom. The number of nitrogens with zero attached hydrogens (tertiary/aromatic N) is 1. The Hall–Kier alpha value is -3.60. The predicted molar refractivity (Wildman–Crippen MR) is 152 cm³/mol. The van der Waals surface area contributed by atoms with Crippen molar-refractivity contribution in [1.82, 2.24) is 0 Å². The summed E-state index contributed by atoms with van der Waals surface area (Å²) in [5.41, 5.74) is 3.71. The SMILES string of the molecule is CC1(C)OB(c2ccc3cc(N(c4ccccc4)c4ccc5ccccc5c4)ccc3c2)OC1(C)C. The third kappa shape index (κ3) is 3.97. The van der Waals surface area contributed by atoms with Crippen molar-refractivity contribution in [2.75, 3.05) is 4.90 Å². The Balaban J connectivity index is 1.41. The minimum Gasteiger partial charge on any atom is -0.399 e. The molecule has 1 aliphatic heterocycles. The van der Waals surface area contributed by atoms with Crippen LogP contribution < -0.4 is 10.4 Å². The van der Waals surface area contributed by atoms with Gasteiger partial charge in [0.05, 0.1) is 11.2 Å². The van der Waals surface area contributed by atoms with Crippen LogP contribution in [0.15, 0.2) is 109 Å². The molecule has 0 spiro atoms. The summed E-state index contributed by atoms with van der Waals surface area (Å²) in [5.74, 6) is 0. The monoisotopic (exact) mass is 471 g/mol. The molecule has 0 amide bonds. The van der Waals surface area contributed by atoms with Gasteiger partial charge >= 0.3 is 7.12 Å². The molecule has 5 aromatic carbocycles. The van der Waals surface area contributed by atoms with Crippen LogP contribution in [0.1, 0.15) is 27.7 Å². The first-order valence-corrected chi connectivity index (χ1v) is 12.5. The Morgan fingerprint density at radius 2 is 1.00 bits per heavy atom. The molecule has 1 saturated heterocycles. The second kappa shape index (κ2) is 8.51. The van der Waals surface area contributed by atoms with Gasteiger partial charge in [-0.25, -0.2) is 0 Å². The summed E-state index contributed by atoms with van der Waals surface area (Å²) in [6, 6.07) is 38.8. The minimum atomic E-state index is -0.363. The number of anilines is 3. The van der Waals surface area contributed by atoms with Crippen molar-refractivity contribution in [3.05, 3.63) is 109 Å². The van der Waals surface area contributed by atoms with Crippen molar-refractivity contribution in [2.24, 2.45) is 0 Å². The fourth-order valence-electron chi connectivity index (χ4n) is 4.86. The van der Waals surface area contributed by atoms with Crippen LogP contribution in [0.3, 0.4) is 0 Å². The van der Waals surface area contributed by atoms with Gasteiger partial charge in [-0.1, -0.05) is 72.8 Å². The van der Waals surface area contributed by atoms with Crippen LogP contribution in [-0.2, 0) is 9.31 Å². The smallest absolute Gasteiger partial charge is 0.399 e. The molecule has 1 fully saturated rings. The van der Waals surface area contributed by atoms with Crippen LogP contribution in [0.5, 0.6) is 0 Å². The molecule has 36 heavy (non-hydrogen) atoms. The zero-order valence-electron chi connectivity index (χ0n) is 21.2. The normalized spacial score (nSPS) is 16.5. The van der Waals surface area contributed by atoms with Crippen LogP contribution in [0.2, 0.25) is 0 Å². The van der Waals surface area contributed by atoms with Crippen LogP contribution >= 0.6 is 0 Å². The van der Waals surface area contributed by atoms with E-state index in [9.17, 15) is 0 Å². The van der Waals surface area contributed by atoms with Gasteiger partial charge in [0.2, 0.25) is 0 Å². The number of hydrogen-bond acceptors (Lipinski definition) is 3. The molecule has 5 aromatic rings. The lowest BCUT2D eigenvalue weighted by Crippen LogP contribution is -2.41. The first-order chi connectivity index (χ1) is 17.3. The highest BCUT2D eigenvalue weighted by atomic mass is 16.7. The third-order valence-corrected chi connectivity index (χ3v) is 7.64. The Kier molecular flexibility index (Phi) is 5.40. The molecule has 0 radical (unpaired) electrons. The van der Waals surface area contributed by atoms with Gasteiger partial charge < -0.3 is 14.2 Å². The molecule has 0 bridgehead atoms. The highest BCUT2D eigenvalue weighted by molar-refractivity contribution is 6.62. The van der Waals surface area contributed by atoms with Crippen LogP contribution in [0.4, 0.5) is 17.1 Å². The number of fused-ring (bicyclic) bond motifs is 2. The van der Waals surface area contributed by atoms with Crippen molar-refractivity contribution < 1.29 is 9.31 Å². The summed E-state index contributed by atoms with van der Waals surface area (Å²) in [4.78, 5) is 2.31. The van der Waals surface area contributed by atoms with E-state index in [-0.39, 0.29) is 18.3 Å². The van der Waals surface area contributed by atoms with Crippen molar-refractivity contribution in [2.45, 2.75) is 38.9 Å². The summed E-state index contributed by atoms with van der Waals surface area (Å²) in [6.07, 6.45) is 0.